The Morgan fingerprint density at radius 1 is 1.12 bits per heavy atom. The Hall–Kier alpha value is -3.86. The molecule has 1 N–H and O–H groups in total. The predicted octanol–water partition coefficient (Wildman–Crippen LogP) is 3.51. The first kappa shape index (κ1) is 28.3. The molecule has 0 aliphatic heterocycles. The molecular weight excluding hydrogens is 540 g/mol. The van der Waals surface area contributed by atoms with Gasteiger partial charge in [0.25, 0.3) is 5.88 Å². The average Bonchev–Trinajstić information content (AvgIpc) is 3.39. The smallest absolute Gasteiger partial charge is 0.265 e. The van der Waals surface area contributed by atoms with Gasteiger partial charge in [-0.15, -0.1) is 0 Å². The maximum absolute atomic E-state index is 14.6. The number of hydrogen-bond acceptors (Lipinski definition) is 10. The van der Waals surface area contributed by atoms with E-state index < -0.39 is 41.0 Å². The minimum atomic E-state index is -1.92. The van der Waals surface area contributed by atoms with Gasteiger partial charge < -0.3 is 23.8 Å². The lowest BCUT2D eigenvalue weighted by Crippen LogP contribution is -2.67. The molecular formula is C32H34N2O8. The van der Waals surface area contributed by atoms with Crippen LogP contribution in [0.3, 0.4) is 0 Å². The van der Waals surface area contributed by atoms with E-state index in [1.165, 1.54) is 14.2 Å². The fraction of sp³-hybridized carbons (Fsp3) is 0.438. The molecule has 10 heteroatoms. The van der Waals surface area contributed by atoms with Crippen LogP contribution in [0.5, 0.6) is 11.6 Å². The zero-order valence-electron chi connectivity index (χ0n) is 24.3. The SMILES string of the molecule is COc1c(CO)cc(C)c2c1CC1CC3C(N(C)C)c4onc(OCc5ccccc5)c4C(=O)C3(OC)C(=O)C1C2=O. The summed E-state index contributed by atoms with van der Waals surface area (Å²) in [5.74, 6) is -2.86. The van der Waals surface area contributed by atoms with Crippen molar-refractivity contribution in [3.63, 3.8) is 0 Å². The monoisotopic (exact) mass is 574 g/mol. The second kappa shape index (κ2) is 10.4. The van der Waals surface area contributed by atoms with Crippen LogP contribution >= 0.6 is 0 Å². The Bertz CT molecular complexity index is 1580. The van der Waals surface area contributed by atoms with E-state index in [9.17, 15) is 19.5 Å². The molecule has 5 atom stereocenters. The van der Waals surface area contributed by atoms with Crippen LogP contribution in [0.2, 0.25) is 0 Å². The molecule has 0 amide bonds. The van der Waals surface area contributed by atoms with Crippen LogP contribution in [0, 0.1) is 24.7 Å². The highest BCUT2D eigenvalue weighted by atomic mass is 16.5. The van der Waals surface area contributed by atoms with Crippen LogP contribution in [0.25, 0.3) is 0 Å². The van der Waals surface area contributed by atoms with Gasteiger partial charge in [-0.1, -0.05) is 30.3 Å². The van der Waals surface area contributed by atoms with Crippen molar-refractivity contribution in [3.05, 3.63) is 75.5 Å². The number of fused-ring (bicyclic) bond motifs is 4. The molecule has 0 bridgehead atoms. The van der Waals surface area contributed by atoms with Crippen LogP contribution in [0.15, 0.2) is 40.9 Å². The highest BCUT2D eigenvalue weighted by Crippen LogP contribution is 2.57. The molecule has 0 spiro atoms. The zero-order valence-corrected chi connectivity index (χ0v) is 24.3. The first-order valence-electron chi connectivity index (χ1n) is 14.0. The summed E-state index contributed by atoms with van der Waals surface area (Å²) < 4.78 is 23.3. The minimum Gasteiger partial charge on any atom is -0.496 e. The van der Waals surface area contributed by atoms with Gasteiger partial charge in [-0.2, -0.15) is 0 Å². The van der Waals surface area contributed by atoms with Gasteiger partial charge in [0.2, 0.25) is 5.78 Å². The lowest BCUT2D eigenvalue weighted by atomic mass is 9.53. The van der Waals surface area contributed by atoms with Crippen molar-refractivity contribution in [3.8, 4) is 11.6 Å². The molecule has 0 radical (unpaired) electrons. The Labute approximate surface area is 243 Å². The van der Waals surface area contributed by atoms with E-state index in [4.69, 9.17) is 18.7 Å². The van der Waals surface area contributed by atoms with E-state index >= 15 is 0 Å². The third-order valence-corrected chi connectivity index (χ3v) is 9.22. The largest absolute Gasteiger partial charge is 0.496 e. The van der Waals surface area contributed by atoms with Gasteiger partial charge in [0.1, 0.15) is 17.9 Å². The highest BCUT2D eigenvalue weighted by molar-refractivity contribution is 6.27. The van der Waals surface area contributed by atoms with Crippen molar-refractivity contribution in [2.45, 2.75) is 44.6 Å². The molecule has 10 nitrogen and oxygen atoms in total. The molecule has 1 aromatic heterocycles. The first-order chi connectivity index (χ1) is 20.2. The Morgan fingerprint density at radius 2 is 1.86 bits per heavy atom. The maximum atomic E-state index is 14.6. The van der Waals surface area contributed by atoms with Crippen LogP contribution in [0.4, 0.5) is 0 Å². The summed E-state index contributed by atoms with van der Waals surface area (Å²) in [4.78, 5) is 45.1. The quantitative estimate of drug-likeness (QED) is 0.419. The highest BCUT2D eigenvalue weighted by Gasteiger charge is 2.68. The molecule has 3 aromatic rings. The van der Waals surface area contributed by atoms with E-state index in [1.807, 2.05) is 49.3 Å². The van der Waals surface area contributed by atoms with Crippen molar-refractivity contribution >= 4 is 17.3 Å². The molecule has 3 aliphatic rings. The lowest BCUT2D eigenvalue weighted by molar-refractivity contribution is -0.159. The number of carbonyl (C=O) groups is 3. The number of hydrogen-bond donors (Lipinski definition) is 1. The van der Waals surface area contributed by atoms with Gasteiger partial charge in [0.05, 0.1) is 25.7 Å². The van der Waals surface area contributed by atoms with E-state index in [0.717, 1.165) is 5.56 Å². The number of Topliss-reactive ketones (excluding diaryl/α,β-unsaturated/α-hetero) is 3. The second-order valence-electron chi connectivity index (χ2n) is 11.6. The number of aromatic nitrogens is 1. The first-order valence-corrected chi connectivity index (χ1v) is 14.0. The summed E-state index contributed by atoms with van der Waals surface area (Å²) in [6.45, 7) is 1.69. The van der Waals surface area contributed by atoms with Crippen LogP contribution in [-0.4, -0.2) is 66.4 Å². The number of nitrogens with zero attached hydrogens (tertiary/aromatic N) is 2. The summed E-state index contributed by atoms with van der Waals surface area (Å²) in [6, 6.07) is 10.6. The van der Waals surface area contributed by atoms with Gasteiger partial charge >= 0.3 is 0 Å². The molecule has 2 aromatic carbocycles. The number of methoxy groups -OCH3 is 2. The molecule has 0 saturated heterocycles. The summed E-state index contributed by atoms with van der Waals surface area (Å²) in [5.41, 5.74) is 1.36. The van der Waals surface area contributed by atoms with Crippen molar-refractivity contribution in [1.82, 2.24) is 10.1 Å². The Morgan fingerprint density at radius 3 is 2.50 bits per heavy atom. The molecule has 220 valence electrons. The lowest BCUT2D eigenvalue weighted by Gasteiger charge is -2.52. The van der Waals surface area contributed by atoms with Gasteiger partial charge in [-0.25, -0.2) is 0 Å². The van der Waals surface area contributed by atoms with E-state index in [-0.39, 0.29) is 30.4 Å². The number of aliphatic hydroxyl groups excluding tert-OH is 1. The topological polar surface area (TPSA) is 128 Å². The third-order valence-electron chi connectivity index (χ3n) is 9.22. The summed E-state index contributed by atoms with van der Waals surface area (Å²) in [5, 5.41) is 14.1. The molecule has 5 unspecified atom stereocenters. The fourth-order valence-corrected chi connectivity index (χ4v) is 7.52. The summed E-state index contributed by atoms with van der Waals surface area (Å²) in [7, 11) is 6.54. The molecule has 6 rings (SSSR count). The van der Waals surface area contributed by atoms with Crippen molar-refractivity contribution in [1.29, 1.82) is 0 Å². The van der Waals surface area contributed by atoms with Gasteiger partial charge in [0, 0.05) is 29.7 Å². The number of benzene rings is 2. The Balaban J connectivity index is 1.46. The molecule has 3 aliphatic carbocycles. The van der Waals surface area contributed by atoms with Gasteiger partial charge in [-0.3, -0.25) is 19.3 Å². The van der Waals surface area contributed by atoms with Crippen LogP contribution < -0.4 is 9.47 Å². The number of carbonyl (C=O) groups excluding carboxylic acids is 3. The average molecular weight is 575 g/mol. The number of ether oxygens (including phenoxy) is 3. The number of ketones is 3. The molecule has 1 saturated carbocycles. The van der Waals surface area contributed by atoms with Crippen molar-refractivity contribution in [2.75, 3.05) is 28.3 Å². The van der Waals surface area contributed by atoms with Crippen LogP contribution in [0.1, 0.15) is 61.2 Å². The van der Waals surface area contributed by atoms with Gasteiger partial charge in [0.15, 0.2) is 22.9 Å². The van der Waals surface area contributed by atoms with Crippen LogP contribution in [-0.2, 0) is 29.2 Å². The van der Waals surface area contributed by atoms with Gasteiger partial charge in [-0.05, 0) is 62.1 Å². The summed E-state index contributed by atoms with van der Waals surface area (Å²) in [6.07, 6.45) is 0.727. The van der Waals surface area contributed by atoms with Crippen molar-refractivity contribution in [2.24, 2.45) is 17.8 Å². The molecule has 1 heterocycles. The zero-order chi connectivity index (χ0) is 29.9. The summed E-state index contributed by atoms with van der Waals surface area (Å²) >= 11 is 0. The van der Waals surface area contributed by atoms with E-state index in [1.54, 1.807) is 13.0 Å². The number of aliphatic hydroxyl groups is 1. The maximum Gasteiger partial charge on any atom is 0.265 e. The molecule has 42 heavy (non-hydrogen) atoms. The molecule has 1 fully saturated rings. The third kappa shape index (κ3) is 3.89. The van der Waals surface area contributed by atoms with E-state index in [2.05, 4.69) is 5.16 Å². The van der Waals surface area contributed by atoms with Crippen molar-refractivity contribution < 1.29 is 38.2 Å². The second-order valence-corrected chi connectivity index (χ2v) is 11.6. The minimum absolute atomic E-state index is 0.00654. The number of rotatable bonds is 7. The Kier molecular flexibility index (Phi) is 7.03. The standard InChI is InChI=1S/C32H34N2O8/c1-16-11-19(14-35)27(39-4)20-12-18-13-21-25(34(2)3)28-24(31(33-42-28)41-15-17-9-7-6-8-10-17)30(38)32(21,40-5)29(37)23(18)26(36)22(16)20/h6-11,18,21,23,25,35H,12-15H2,1-5H3. The van der Waals surface area contributed by atoms with E-state index in [0.29, 0.717) is 46.6 Å². The normalized spacial score (nSPS) is 26.4. The fourth-order valence-electron chi connectivity index (χ4n) is 7.52. The predicted molar refractivity (Wildman–Crippen MR) is 150 cm³/mol. The number of aryl methyl sites for hydroxylation is 1.